The second kappa shape index (κ2) is 6.30. The zero-order chi connectivity index (χ0) is 15.5. The summed E-state index contributed by atoms with van der Waals surface area (Å²) in [7, 11) is 1.90. The number of para-hydroxylation sites is 1. The Kier molecular flexibility index (Phi) is 4.22. The summed E-state index contributed by atoms with van der Waals surface area (Å²) in [5, 5.41) is 4.82. The van der Waals surface area contributed by atoms with E-state index in [1.54, 1.807) is 10.7 Å². The summed E-state index contributed by atoms with van der Waals surface area (Å²) in [5.74, 6) is 0.150. The third-order valence-corrected chi connectivity index (χ3v) is 4.57. The normalized spacial score (nSPS) is 15.3. The Hall–Kier alpha value is -2.17. The number of aryl methyl sites for hydroxylation is 1. The summed E-state index contributed by atoms with van der Waals surface area (Å²) in [6, 6.07) is 7.78. The molecule has 116 valence electrons. The highest BCUT2D eigenvalue weighted by Gasteiger charge is 2.23. The Morgan fingerprint density at radius 3 is 2.82 bits per heavy atom. The number of hydrogen-bond donors (Lipinski definition) is 0. The van der Waals surface area contributed by atoms with E-state index in [-0.39, 0.29) is 11.3 Å². The fourth-order valence-corrected chi connectivity index (χ4v) is 3.21. The van der Waals surface area contributed by atoms with Crippen LogP contribution in [0.3, 0.4) is 0 Å². The van der Waals surface area contributed by atoms with Crippen molar-refractivity contribution in [2.45, 2.75) is 44.7 Å². The van der Waals surface area contributed by atoms with Crippen molar-refractivity contribution in [2.24, 2.45) is 0 Å². The van der Waals surface area contributed by atoms with Gasteiger partial charge >= 0.3 is 0 Å². The quantitative estimate of drug-likeness (QED) is 0.869. The average molecular weight is 299 g/mol. The monoisotopic (exact) mass is 299 g/mol. The van der Waals surface area contributed by atoms with Crippen molar-refractivity contribution in [2.75, 3.05) is 7.05 Å². The van der Waals surface area contributed by atoms with Gasteiger partial charge in [-0.25, -0.2) is 0 Å². The van der Waals surface area contributed by atoms with Gasteiger partial charge in [0.1, 0.15) is 0 Å². The average Bonchev–Trinajstić information content (AvgIpc) is 3.08. The first-order valence-electron chi connectivity index (χ1n) is 7.87. The zero-order valence-electron chi connectivity index (χ0n) is 12.9. The van der Waals surface area contributed by atoms with Crippen LogP contribution in [0, 0.1) is 0 Å². The Morgan fingerprint density at radius 2 is 2.05 bits per heavy atom. The Balaban J connectivity index is 1.72. The topological polar surface area (TPSA) is 55.2 Å². The maximum absolute atomic E-state index is 12.3. The highest BCUT2D eigenvalue weighted by Crippen LogP contribution is 2.22. The molecular weight excluding hydrogens is 278 g/mol. The summed E-state index contributed by atoms with van der Waals surface area (Å²) in [4.78, 5) is 26.0. The standard InChI is InChI=1S/C17H21N3O2/c1-19(13-6-2-3-7-13)17(22)10-11-20-15-9-5-4-8-14(15)16(21)12-18-20/h4-5,8-9,12-13H,2-3,6-7,10-11H2,1H3. The van der Waals surface area contributed by atoms with E-state index >= 15 is 0 Å². The third-order valence-electron chi connectivity index (χ3n) is 4.57. The van der Waals surface area contributed by atoms with Crippen LogP contribution in [-0.2, 0) is 11.3 Å². The van der Waals surface area contributed by atoms with Gasteiger partial charge < -0.3 is 4.90 Å². The van der Waals surface area contributed by atoms with Gasteiger partial charge in [0.2, 0.25) is 11.3 Å². The van der Waals surface area contributed by atoms with E-state index in [4.69, 9.17) is 0 Å². The molecule has 1 aliphatic carbocycles. The molecule has 3 rings (SSSR count). The first-order valence-corrected chi connectivity index (χ1v) is 7.87. The number of carbonyl (C=O) groups excluding carboxylic acids is 1. The fourth-order valence-electron chi connectivity index (χ4n) is 3.21. The number of aromatic nitrogens is 2. The lowest BCUT2D eigenvalue weighted by Crippen LogP contribution is -2.35. The number of amides is 1. The third kappa shape index (κ3) is 2.89. The lowest BCUT2D eigenvalue weighted by Gasteiger charge is -2.24. The number of fused-ring (bicyclic) bond motifs is 1. The summed E-state index contributed by atoms with van der Waals surface area (Å²) >= 11 is 0. The summed E-state index contributed by atoms with van der Waals surface area (Å²) in [5.41, 5.74) is 0.701. The van der Waals surface area contributed by atoms with E-state index in [1.165, 1.54) is 19.0 Å². The van der Waals surface area contributed by atoms with Crippen LogP contribution in [0.5, 0.6) is 0 Å². The summed E-state index contributed by atoms with van der Waals surface area (Å²) in [6.07, 6.45) is 6.39. The molecule has 1 heterocycles. The van der Waals surface area contributed by atoms with Crippen LogP contribution >= 0.6 is 0 Å². The van der Waals surface area contributed by atoms with E-state index in [0.717, 1.165) is 18.4 Å². The maximum atomic E-state index is 12.3. The minimum Gasteiger partial charge on any atom is -0.343 e. The highest BCUT2D eigenvalue weighted by atomic mass is 16.2. The van der Waals surface area contributed by atoms with Gasteiger partial charge in [-0.1, -0.05) is 25.0 Å². The molecule has 22 heavy (non-hydrogen) atoms. The predicted octanol–water partition coefficient (Wildman–Crippen LogP) is 2.19. The van der Waals surface area contributed by atoms with Crippen LogP contribution in [0.15, 0.2) is 35.3 Å². The van der Waals surface area contributed by atoms with Gasteiger partial charge in [0.15, 0.2) is 0 Å². The van der Waals surface area contributed by atoms with Crippen LogP contribution < -0.4 is 5.43 Å². The molecule has 0 bridgehead atoms. The number of rotatable bonds is 4. The van der Waals surface area contributed by atoms with E-state index < -0.39 is 0 Å². The van der Waals surface area contributed by atoms with E-state index in [0.29, 0.717) is 24.4 Å². The lowest BCUT2D eigenvalue weighted by molar-refractivity contribution is -0.132. The maximum Gasteiger partial charge on any atom is 0.224 e. The molecule has 0 N–H and O–H groups in total. The van der Waals surface area contributed by atoms with Crippen LogP contribution in [0.25, 0.3) is 10.9 Å². The van der Waals surface area contributed by atoms with Gasteiger partial charge in [0.05, 0.1) is 18.3 Å². The minimum atomic E-state index is -0.0822. The molecule has 1 amide bonds. The minimum absolute atomic E-state index is 0.0822. The number of nitrogens with zero attached hydrogens (tertiary/aromatic N) is 3. The van der Waals surface area contributed by atoms with Gasteiger partial charge in [-0.2, -0.15) is 5.10 Å². The SMILES string of the molecule is CN(C(=O)CCn1ncc(=O)c2ccccc21)C1CCCC1. The number of hydrogen-bond acceptors (Lipinski definition) is 3. The van der Waals surface area contributed by atoms with Crippen LogP contribution in [-0.4, -0.2) is 33.7 Å². The molecule has 0 aliphatic heterocycles. The van der Waals surface area contributed by atoms with Gasteiger partial charge in [-0.3, -0.25) is 14.3 Å². The van der Waals surface area contributed by atoms with E-state index in [9.17, 15) is 9.59 Å². The van der Waals surface area contributed by atoms with Crippen LogP contribution in [0.1, 0.15) is 32.1 Å². The lowest BCUT2D eigenvalue weighted by atomic mass is 10.2. The van der Waals surface area contributed by atoms with E-state index in [2.05, 4.69) is 5.10 Å². The fraction of sp³-hybridized carbons (Fsp3) is 0.471. The molecule has 1 aromatic heterocycles. The van der Waals surface area contributed by atoms with Gasteiger partial charge in [-0.05, 0) is 25.0 Å². The van der Waals surface area contributed by atoms with E-state index in [1.807, 2.05) is 30.1 Å². The molecule has 2 aromatic rings. The van der Waals surface area contributed by atoms with Crippen LogP contribution in [0.4, 0.5) is 0 Å². The molecule has 1 aliphatic rings. The smallest absolute Gasteiger partial charge is 0.224 e. The Bertz CT molecular complexity index is 732. The molecule has 0 saturated heterocycles. The molecule has 1 saturated carbocycles. The number of carbonyl (C=O) groups is 1. The Morgan fingerprint density at radius 1 is 1.32 bits per heavy atom. The van der Waals surface area contributed by atoms with Crippen LogP contribution in [0.2, 0.25) is 0 Å². The van der Waals surface area contributed by atoms with Crippen molar-refractivity contribution >= 4 is 16.8 Å². The summed E-state index contributed by atoms with van der Waals surface area (Å²) < 4.78 is 1.75. The molecule has 0 atom stereocenters. The first-order chi connectivity index (χ1) is 10.7. The summed E-state index contributed by atoms with van der Waals surface area (Å²) in [6.45, 7) is 0.497. The number of benzene rings is 1. The Labute approximate surface area is 129 Å². The molecule has 0 unspecified atom stereocenters. The van der Waals surface area contributed by atoms with Crippen molar-refractivity contribution in [3.8, 4) is 0 Å². The predicted molar refractivity (Wildman–Crippen MR) is 85.6 cm³/mol. The van der Waals surface area contributed by atoms with Crippen molar-refractivity contribution in [3.05, 3.63) is 40.7 Å². The van der Waals surface area contributed by atoms with Crippen molar-refractivity contribution in [3.63, 3.8) is 0 Å². The molecular formula is C17H21N3O2. The molecule has 1 fully saturated rings. The highest BCUT2D eigenvalue weighted by molar-refractivity contribution is 5.79. The van der Waals surface area contributed by atoms with Gasteiger partial charge in [0.25, 0.3) is 0 Å². The molecule has 0 spiro atoms. The zero-order valence-corrected chi connectivity index (χ0v) is 12.9. The molecule has 5 nitrogen and oxygen atoms in total. The largest absolute Gasteiger partial charge is 0.343 e. The van der Waals surface area contributed by atoms with Crippen molar-refractivity contribution in [1.29, 1.82) is 0 Å². The van der Waals surface area contributed by atoms with Crippen molar-refractivity contribution < 1.29 is 4.79 Å². The molecule has 0 radical (unpaired) electrons. The van der Waals surface area contributed by atoms with Gasteiger partial charge in [-0.15, -0.1) is 0 Å². The second-order valence-electron chi connectivity index (χ2n) is 5.94. The van der Waals surface area contributed by atoms with Gasteiger partial charge in [0, 0.05) is 24.9 Å². The first kappa shape index (κ1) is 14.8. The van der Waals surface area contributed by atoms with Crippen molar-refractivity contribution in [1.82, 2.24) is 14.7 Å². The molecule has 5 heteroatoms. The second-order valence-corrected chi connectivity index (χ2v) is 5.94. The molecule has 1 aromatic carbocycles.